The lowest BCUT2D eigenvalue weighted by Gasteiger charge is -2.21. The van der Waals surface area contributed by atoms with E-state index in [4.69, 9.17) is 0 Å². The predicted octanol–water partition coefficient (Wildman–Crippen LogP) is 3.79. The molecule has 5 heteroatoms. The van der Waals surface area contributed by atoms with Crippen LogP contribution in [0.2, 0.25) is 0 Å². The van der Waals surface area contributed by atoms with Gasteiger partial charge in [-0.25, -0.2) is 9.97 Å². The molecule has 0 saturated heterocycles. The Bertz CT molecular complexity index is 634. The first-order chi connectivity index (χ1) is 11.1. The number of carbonyl (C=O) groups is 1. The number of hydrogen-bond acceptors (Lipinski definition) is 4. The second-order valence-corrected chi connectivity index (χ2v) is 5.55. The fraction of sp³-hybridized carbons (Fsp3) is 0.389. The molecule has 1 amide bonds. The van der Waals surface area contributed by atoms with Gasteiger partial charge in [0, 0.05) is 25.0 Å². The van der Waals surface area contributed by atoms with Crippen molar-refractivity contribution in [3.8, 4) is 0 Å². The molecule has 0 fully saturated rings. The Kier molecular flexibility index (Phi) is 6.09. The van der Waals surface area contributed by atoms with E-state index in [-0.39, 0.29) is 5.91 Å². The topological polar surface area (TPSA) is 58.1 Å². The molecule has 23 heavy (non-hydrogen) atoms. The molecule has 0 bridgehead atoms. The summed E-state index contributed by atoms with van der Waals surface area (Å²) < 4.78 is 0. The second kappa shape index (κ2) is 8.27. The number of nitrogens with one attached hydrogen (secondary N) is 1. The third kappa shape index (κ3) is 4.77. The largest absolute Gasteiger partial charge is 0.337 e. The SMILES string of the molecule is CCCN(CCC)C(=O)c1ccnc(Nc2ccc(C)cc2)n1. The van der Waals surface area contributed by atoms with E-state index in [1.807, 2.05) is 36.1 Å². The predicted molar refractivity (Wildman–Crippen MR) is 93.0 cm³/mol. The smallest absolute Gasteiger partial charge is 0.272 e. The van der Waals surface area contributed by atoms with Crippen LogP contribution in [0.1, 0.15) is 42.7 Å². The van der Waals surface area contributed by atoms with Crippen LogP contribution < -0.4 is 5.32 Å². The molecule has 1 aromatic heterocycles. The zero-order chi connectivity index (χ0) is 16.7. The van der Waals surface area contributed by atoms with Gasteiger partial charge in [0.2, 0.25) is 5.95 Å². The molecule has 0 radical (unpaired) electrons. The zero-order valence-corrected chi connectivity index (χ0v) is 14.0. The maximum absolute atomic E-state index is 12.6. The van der Waals surface area contributed by atoms with Crippen LogP contribution in [0, 0.1) is 6.92 Å². The number of hydrogen-bond donors (Lipinski definition) is 1. The summed E-state index contributed by atoms with van der Waals surface area (Å²) in [6.07, 6.45) is 3.49. The molecular formula is C18H24N4O. The summed E-state index contributed by atoms with van der Waals surface area (Å²) >= 11 is 0. The Morgan fingerprint density at radius 3 is 2.35 bits per heavy atom. The number of amides is 1. The number of benzene rings is 1. The van der Waals surface area contributed by atoms with E-state index < -0.39 is 0 Å². The summed E-state index contributed by atoms with van der Waals surface area (Å²) in [6.45, 7) is 7.67. The molecule has 2 rings (SSSR count). The van der Waals surface area contributed by atoms with E-state index >= 15 is 0 Å². The molecular weight excluding hydrogens is 288 g/mol. The third-order valence-electron chi connectivity index (χ3n) is 3.46. The molecule has 0 spiro atoms. The van der Waals surface area contributed by atoms with Crippen LogP contribution in [0.5, 0.6) is 0 Å². The fourth-order valence-corrected chi connectivity index (χ4v) is 2.32. The fourth-order valence-electron chi connectivity index (χ4n) is 2.32. The summed E-state index contributed by atoms with van der Waals surface area (Å²) in [6, 6.07) is 9.63. The first-order valence-corrected chi connectivity index (χ1v) is 8.10. The van der Waals surface area contributed by atoms with Crippen LogP contribution in [-0.4, -0.2) is 33.9 Å². The van der Waals surface area contributed by atoms with Gasteiger partial charge in [-0.1, -0.05) is 31.5 Å². The van der Waals surface area contributed by atoms with E-state index in [0.29, 0.717) is 11.6 Å². The summed E-state index contributed by atoms with van der Waals surface area (Å²) in [5.74, 6) is 0.399. The monoisotopic (exact) mass is 312 g/mol. The lowest BCUT2D eigenvalue weighted by molar-refractivity contribution is 0.0749. The number of carbonyl (C=O) groups excluding carboxylic acids is 1. The summed E-state index contributed by atoms with van der Waals surface area (Å²) in [4.78, 5) is 23.0. The van der Waals surface area contributed by atoms with Crippen molar-refractivity contribution >= 4 is 17.5 Å². The zero-order valence-electron chi connectivity index (χ0n) is 14.0. The van der Waals surface area contributed by atoms with Crippen LogP contribution in [0.3, 0.4) is 0 Å². The van der Waals surface area contributed by atoms with Crippen molar-refractivity contribution in [2.45, 2.75) is 33.6 Å². The molecule has 0 aliphatic heterocycles. The van der Waals surface area contributed by atoms with Crippen molar-refractivity contribution in [3.05, 3.63) is 47.8 Å². The Labute approximate surface area is 137 Å². The highest BCUT2D eigenvalue weighted by molar-refractivity contribution is 5.92. The minimum absolute atomic E-state index is 0.0388. The number of aromatic nitrogens is 2. The average Bonchev–Trinajstić information content (AvgIpc) is 2.56. The van der Waals surface area contributed by atoms with Gasteiger partial charge in [0.25, 0.3) is 5.91 Å². The second-order valence-electron chi connectivity index (χ2n) is 5.55. The number of aryl methyl sites for hydroxylation is 1. The quantitative estimate of drug-likeness (QED) is 0.845. The summed E-state index contributed by atoms with van der Waals surface area (Å²) in [5.41, 5.74) is 2.52. The van der Waals surface area contributed by atoms with Gasteiger partial charge in [-0.2, -0.15) is 0 Å². The van der Waals surface area contributed by atoms with Gasteiger partial charge in [-0.15, -0.1) is 0 Å². The number of nitrogens with zero attached hydrogens (tertiary/aromatic N) is 3. The maximum atomic E-state index is 12.6. The van der Waals surface area contributed by atoms with Crippen molar-refractivity contribution < 1.29 is 4.79 Å². The third-order valence-corrected chi connectivity index (χ3v) is 3.46. The first kappa shape index (κ1) is 16.9. The molecule has 0 aliphatic carbocycles. The van der Waals surface area contributed by atoms with Crippen LogP contribution in [0.4, 0.5) is 11.6 Å². The molecule has 0 aliphatic rings. The van der Waals surface area contributed by atoms with Crippen molar-refractivity contribution in [2.75, 3.05) is 18.4 Å². The lowest BCUT2D eigenvalue weighted by Crippen LogP contribution is -2.33. The standard InChI is InChI=1S/C18H24N4O/c1-4-12-22(13-5-2)17(23)16-10-11-19-18(21-16)20-15-8-6-14(3)7-9-15/h6-11H,4-5,12-13H2,1-3H3,(H,19,20,21). The number of rotatable bonds is 7. The van der Waals surface area contributed by atoms with Crippen molar-refractivity contribution in [3.63, 3.8) is 0 Å². The lowest BCUT2D eigenvalue weighted by atomic mass is 10.2. The highest BCUT2D eigenvalue weighted by atomic mass is 16.2. The minimum Gasteiger partial charge on any atom is -0.337 e. The Morgan fingerprint density at radius 2 is 1.74 bits per heavy atom. The molecule has 0 saturated carbocycles. The molecule has 0 unspecified atom stereocenters. The van der Waals surface area contributed by atoms with Crippen LogP contribution in [0.15, 0.2) is 36.5 Å². The van der Waals surface area contributed by atoms with Crippen molar-refractivity contribution in [1.82, 2.24) is 14.9 Å². The van der Waals surface area contributed by atoms with Crippen molar-refractivity contribution in [2.24, 2.45) is 0 Å². The Hall–Kier alpha value is -2.43. The molecule has 122 valence electrons. The Balaban J connectivity index is 2.14. The van der Waals surface area contributed by atoms with Crippen LogP contribution in [0.25, 0.3) is 0 Å². The number of anilines is 2. The van der Waals surface area contributed by atoms with Gasteiger partial charge >= 0.3 is 0 Å². The van der Waals surface area contributed by atoms with Gasteiger partial charge < -0.3 is 10.2 Å². The molecule has 1 heterocycles. The van der Waals surface area contributed by atoms with E-state index in [1.54, 1.807) is 12.3 Å². The van der Waals surface area contributed by atoms with Crippen molar-refractivity contribution in [1.29, 1.82) is 0 Å². The molecule has 1 N–H and O–H groups in total. The summed E-state index contributed by atoms with van der Waals surface area (Å²) in [5, 5.41) is 3.14. The van der Waals surface area contributed by atoms with Gasteiger partial charge in [-0.05, 0) is 38.0 Å². The molecule has 2 aromatic rings. The minimum atomic E-state index is -0.0388. The van der Waals surface area contributed by atoms with Gasteiger partial charge in [-0.3, -0.25) is 4.79 Å². The van der Waals surface area contributed by atoms with E-state index in [9.17, 15) is 4.79 Å². The van der Waals surface area contributed by atoms with E-state index in [1.165, 1.54) is 5.56 Å². The van der Waals surface area contributed by atoms with Gasteiger partial charge in [0.1, 0.15) is 5.69 Å². The van der Waals surface area contributed by atoms with E-state index in [2.05, 4.69) is 29.1 Å². The molecule has 0 atom stereocenters. The van der Waals surface area contributed by atoms with Gasteiger partial charge in [0.05, 0.1) is 0 Å². The molecule has 5 nitrogen and oxygen atoms in total. The first-order valence-electron chi connectivity index (χ1n) is 8.10. The van der Waals surface area contributed by atoms with Crippen LogP contribution >= 0.6 is 0 Å². The Morgan fingerprint density at radius 1 is 1.09 bits per heavy atom. The van der Waals surface area contributed by atoms with Crippen LogP contribution in [-0.2, 0) is 0 Å². The normalized spacial score (nSPS) is 10.4. The van der Waals surface area contributed by atoms with Gasteiger partial charge in [0.15, 0.2) is 0 Å². The average molecular weight is 312 g/mol. The maximum Gasteiger partial charge on any atom is 0.272 e. The van der Waals surface area contributed by atoms with E-state index in [0.717, 1.165) is 31.6 Å². The highest BCUT2D eigenvalue weighted by Crippen LogP contribution is 2.14. The highest BCUT2D eigenvalue weighted by Gasteiger charge is 2.16. The molecule has 1 aromatic carbocycles. The summed E-state index contributed by atoms with van der Waals surface area (Å²) in [7, 11) is 0.